The predicted octanol–water partition coefficient (Wildman–Crippen LogP) is 3.02. The average molecular weight is 456 g/mol. The van der Waals surface area contributed by atoms with Crippen LogP contribution in [0.5, 0.6) is 5.75 Å². The minimum atomic E-state index is -1.21. The molecule has 0 bridgehead atoms. The van der Waals surface area contributed by atoms with Crippen LogP contribution in [0.25, 0.3) is 0 Å². The third kappa shape index (κ3) is 4.29. The van der Waals surface area contributed by atoms with Gasteiger partial charge in [-0.25, -0.2) is 17.6 Å². The lowest BCUT2D eigenvalue weighted by molar-refractivity contribution is 0.0792. The monoisotopic (exact) mass is 455 g/mol. The second kappa shape index (κ2) is 8.46. The highest BCUT2D eigenvalue weighted by atomic mass is 35.5. The van der Waals surface area contributed by atoms with Gasteiger partial charge in [-0.3, -0.25) is 14.4 Å². The van der Waals surface area contributed by atoms with E-state index in [1.54, 1.807) is 6.92 Å². The minimum absolute atomic E-state index is 0.0234. The fraction of sp³-hybridized carbons (Fsp3) is 0.250. The van der Waals surface area contributed by atoms with Crippen LogP contribution in [-0.2, 0) is 6.54 Å². The molecule has 0 saturated heterocycles. The third-order valence-electron chi connectivity index (χ3n) is 4.76. The van der Waals surface area contributed by atoms with Gasteiger partial charge in [-0.15, -0.1) is 6.58 Å². The number of nitrogens with one attached hydrogen (secondary N) is 1. The molecule has 11 heteroatoms. The van der Waals surface area contributed by atoms with Crippen molar-refractivity contribution in [1.82, 2.24) is 14.3 Å². The van der Waals surface area contributed by atoms with Crippen LogP contribution in [-0.4, -0.2) is 32.5 Å². The maximum atomic E-state index is 13.8. The molecule has 3 rings (SSSR count). The lowest BCUT2D eigenvalue weighted by atomic mass is 10.0. The zero-order valence-corrected chi connectivity index (χ0v) is 17.0. The Kier molecular flexibility index (Phi) is 6.12. The molecule has 7 nitrogen and oxygen atoms in total. The summed E-state index contributed by atoms with van der Waals surface area (Å²) in [6.07, 6.45) is 1.42. The summed E-state index contributed by atoms with van der Waals surface area (Å²) in [7, 11) is 0. The van der Waals surface area contributed by atoms with Crippen molar-refractivity contribution >= 4 is 23.6 Å². The molecule has 1 aliphatic rings. The van der Waals surface area contributed by atoms with Crippen LogP contribution >= 0.6 is 11.8 Å². The van der Waals surface area contributed by atoms with E-state index in [9.17, 15) is 32.7 Å². The predicted molar refractivity (Wildman–Crippen MR) is 105 cm³/mol. The number of hydrogen-bond acceptors (Lipinski definition) is 4. The van der Waals surface area contributed by atoms with Crippen LogP contribution in [0.3, 0.4) is 0 Å². The van der Waals surface area contributed by atoms with Crippen molar-refractivity contribution in [3.63, 3.8) is 0 Å². The molecule has 0 unspecified atom stereocenters. The molecule has 0 radical (unpaired) electrons. The van der Waals surface area contributed by atoms with Crippen molar-refractivity contribution < 1.29 is 27.9 Å². The Labute approximate surface area is 179 Å². The number of nitrogens with zero attached hydrogens (tertiary/aromatic N) is 2. The lowest BCUT2D eigenvalue weighted by Crippen LogP contribution is -2.41. The number of rotatable bonds is 5. The summed E-state index contributed by atoms with van der Waals surface area (Å²) in [5.41, 5.74) is -1.97. The summed E-state index contributed by atoms with van der Waals surface area (Å²) in [6, 6.07) is 0.388. The zero-order chi connectivity index (χ0) is 23.0. The lowest BCUT2D eigenvalue weighted by Gasteiger charge is -2.33. The first-order valence-corrected chi connectivity index (χ1v) is 9.36. The third-order valence-corrected chi connectivity index (χ3v) is 5.05. The molecule has 2 heterocycles. The number of benzene rings is 1. The van der Waals surface area contributed by atoms with Crippen molar-refractivity contribution in [2.24, 2.45) is 0 Å². The molecule has 0 fully saturated rings. The van der Waals surface area contributed by atoms with Crippen LogP contribution in [0.2, 0.25) is 0 Å². The van der Waals surface area contributed by atoms with E-state index in [1.807, 2.05) is 0 Å². The van der Waals surface area contributed by atoms with Crippen molar-refractivity contribution in [1.29, 1.82) is 0 Å². The second-order valence-electron chi connectivity index (χ2n) is 7.17. The van der Waals surface area contributed by atoms with E-state index in [4.69, 9.17) is 11.8 Å². The van der Waals surface area contributed by atoms with Gasteiger partial charge in [0.05, 0.1) is 12.6 Å². The molecule has 1 atom stereocenters. The molecule has 1 aromatic carbocycles. The van der Waals surface area contributed by atoms with Crippen molar-refractivity contribution in [2.75, 3.05) is 6.54 Å². The SMILES string of the molecule is C=C(C)C[C@@H]1CN(Cl)C(=O)c2c(O)c(=O)c(C(=O)NCc3c(F)cc(F)cc3F)cn21. The summed E-state index contributed by atoms with van der Waals surface area (Å²) in [4.78, 5) is 37.4. The fourth-order valence-electron chi connectivity index (χ4n) is 3.32. The Morgan fingerprint density at radius 3 is 2.48 bits per heavy atom. The van der Waals surface area contributed by atoms with E-state index < -0.39 is 64.2 Å². The van der Waals surface area contributed by atoms with E-state index in [-0.39, 0.29) is 12.2 Å². The number of hydrogen-bond donors (Lipinski definition) is 2. The van der Waals surface area contributed by atoms with Gasteiger partial charge < -0.3 is 15.0 Å². The summed E-state index contributed by atoms with van der Waals surface area (Å²) < 4.78 is 42.7. The van der Waals surface area contributed by atoms with Gasteiger partial charge in [-0.2, -0.15) is 0 Å². The molecule has 2 amide bonds. The maximum absolute atomic E-state index is 13.8. The Hall–Kier alpha value is -3.27. The van der Waals surface area contributed by atoms with Gasteiger partial charge >= 0.3 is 0 Å². The van der Waals surface area contributed by atoms with Gasteiger partial charge in [0.15, 0.2) is 11.4 Å². The number of carbonyl (C=O) groups is 2. The summed E-state index contributed by atoms with van der Waals surface area (Å²) in [6.45, 7) is 4.87. The molecule has 1 aromatic heterocycles. The molecule has 2 aromatic rings. The largest absolute Gasteiger partial charge is 0.503 e. The number of aromatic nitrogens is 1. The van der Waals surface area contributed by atoms with E-state index >= 15 is 0 Å². The number of fused-ring (bicyclic) bond motifs is 1. The molecule has 1 aliphatic heterocycles. The van der Waals surface area contributed by atoms with E-state index in [1.165, 1.54) is 4.57 Å². The second-order valence-corrected chi connectivity index (χ2v) is 7.58. The first-order chi connectivity index (χ1) is 14.5. The Morgan fingerprint density at radius 2 is 1.90 bits per heavy atom. The van der Waals surface area contributed by atoms with Crippen molar-refractivity contribution in [2.45, 2.75) is 25.9 Å². The molecule has 31 heavy (non-hydrogen) atoms. The highest BCUT2D eigenvalue weighted by Crippen LogP contribution is 2.30. The van der Waals surface area contributed by atoms with Gasteiger partial charge in [-0.05, 0) is 13.3 Å². The van der Waals surface area contributed by atoms with Crippen molar-refractivity contribution in [3.05, 3.63) is 75.0 Å². The topological polar surface area (TPSA) is 91.6 Å². The molecule has 2 N–H and O–H groups in total. The van der Waals surface area contributed by atoms with E-state index in [0.29, 0.717) is 18.6 Å². The van der Waals surface area contributed by atoms with Crippen LogP contribution < -0.4 is 10.7 Å². The maximum Gasteiger partial charge on any atom is 0.288 e. The number of allylic oxidation sites excluding steroid dienone is 1. The van der Waals surface area contributed by atoms with Gasteiger partial charge in [0.2, 0.25) is 5.43 Å². The average Bonchev–Trinajstić information content (AvgIpc) is 2.66. The highest BCUT2D eigenvalue weighted by Gasteiger charge is 2.35. The Morgan fingerprint density at radius 1 is 1.29 bits per heavy atom. The molecule has 0 spiro atoms. The standard InChI is InChI=1S/C20H17ClF3N3O4/c1-9(2)3-11-7-27(21)20(31)16-18(29)17(28)13(8-26(11)16)19(30)25-6-12-14(23)4-10(22)5-15(12)24/h4-5,8,11,29H,1,3,6-7H2,2H3,(H,25,30)/t11-/m1/s1. The molecule has 0 aliphatic carbocycles. The zero-order valence-electron chi connectivity index (χ0n) is 16.2. The van der Waals surface area contributed by atoms with Crippen LogP contribution in [0.15, 0.2) is 35.3 Å². The summed E-state index contributed by atoms with van der Waals surface area (Å²) in [5, 5.41) is 12.5. The smallest absolute Gasteiger partial charge is 0.288 e. The number of pyridine rings is 1. The fourth-order valence-corrected chi connectivity index (χ4v) is 3.56. The van der Waals surface area contributed by atoms with Crippen molar-refractivity contribution in [3.8, 4) is 5.75 Å². The van der Waals surface area contributed by atoms with Crippen LogP contribution in [0, 0.1) is 17.5 Å². The molecular formula is C20H17ClF3N3O4. The Balaban J connectivity index is 1.98. The van der Waals surface area contributed by atoms with Gasteiger partial charge in [0.1, 0.15) is 23.0 Å². The van der Waals surface area contributed by atoms with Gasteiger partial charge in [0.25, 0.3) is 11.8 Å². The summed E-state index contributed by atoms with van der Waals surface area (Å²) in [5.74, 6) is -6.39. The normalized spacial score (nSPS) is 15.6. The Bertz CT molecular complexity index is 1140. The summed E-state index contributed by atoms with van der Waals surface area (Å²) >= 11 is 5.91. The molecular weight excluding hydrogens is 439 g/mol. The number of aromatic hydroxyl groups is 1. The van der Waals surface area contributed by atoms with Gasteiger partial charge in [-0.1, -0.05) is 5.57 Å². The quantitative estimate of drug-likeness (QED) is 0.535. The number of halogens is 4. The first-order valence-electron chi connectivity index (χ1n) is 9.03. The number of carbonyl (C=O) groups excluding carboxylic acids is 2. The van der Waals surface area contributed by atoms with Crippen LogP contribution in [0.1, 0.15) is 45.8 Å². The van der Waals surface area contributed by atoms with Gasteiger partial charge in [0, 0.05) is 42.2 Å². The van der Waals surface area contributed by atoms with E-state index in [0.717, 1.165) is 16.2 Å². The molecule has 164 valence electrons. The highest BCUT2D eigenvalue weighted by molar-refractivity contribution is 6.24. The molecule has 0 saturated carbocycles. The number of amides is 2. The van der Waals surface area contributed by atoms with Crippen LogP contribution in [0.4, 0.5) is 13.2 Å². The minimum Gasteiger partial charge on any atom is -0.503 e. The van der Waals surface area contributed by atoms with E-state index in [2.05, 4.69) is 11.9 Å². The first kappa shape index (κ1) is 22.4.